The van der Waals surface area contributed by atoms with Crippen molar-refractivity contribution in [3.05, 3.63) is 34.6 Å². The maximum Gasteiger partial charge on any atom is 0.256 e. The Morgan fingerprint density at radius 3 is 2.00 bits per heavy atom. The molecule has 0 radical (unpaired) electrons. The van der Waals surface area contributed by atoms with Crippen LogP contribution < -0.4 is 10.3 Å². The lowest BCUT2D eigenvalue weighted by molar-refractivity contribution is 0.0122. The maximum atomic E-state index is 13.0. The quantitative estimate of drug-likeness (QED) is 0.548. The van der Waals surface area contributed by atoms with E-state index in [1.54, 1.807) is 0 Å². The molecule has 1 aliphatic rings. The van der Waals surface area contributed by atoms with Crippen molar-refractivity contribution < 1.29 is 26.2 Å². The topological polar surface area (TPSA) is 69.1 Å². The van der Waals surface area contributed by atoms with E-state index in [4.69, 9.17) is 4.21 Å². The van der Waals surface area contributed by atoms with Crippen molar-refractivity contribution in [1.82, 2.24) is 0 Å². The highest BCUT2D eigenvalue weighted by Crippen LogP contribution is 2.37. The third-order valence-corrected chi connectivity index (χ3v) is 2.25. The smallest absolute Gasteiger partial charge is 0.239 e. The fourth-order valence-electron chi connectivity index (χ4n) is 1.64. The van der Waals surface area contributed by atoms with Gasteiger partial charge in [-0.15, -0.1) is 0 Å². The first-order valence-electron chi connectivity index (χ1n) is 4.57. The number of hydrogen-bond donors (Lipinski definition) is 2. The van der Waals surface area contributed by atoms with E-state index in [0.29, 0.717) is 6.07 Å². The van der Waals surface area contributed by atoms with Crippen molar-refractivity contribution >= 4 is 11.2 Å². The summed E-state index contributed by atoms with van der Waals surface area (Å²) in [5.74, 6) is -7.05. The Balaban J connectivity index is 0.000000357. The summed E-state index contributed by atoms with van der Waals surface area (Å²) in [6, 6.07) is 0.301. The number of halogens is 5. The Morgan fingerprint density at radius 2 is 1.50 bits per heavy atom. The van der Waals surface area contributed by atoms with Crippen LogP contribution in [0.3, 0.4) is 0 Å². The Morgan fingerprint density at radius 1 is 1.06 bits per heavy atom. The van der Waals surface area contributed by atoms with Crippen LogP contribution in [0.2, 0.25) is 0 Å². The van der Waals surface area contributed by atoms with Gasteiger partial charge in [-0.3, -0.25) is 0 Å². The Labute approximate surface area is 102 Å². The number of fused-ring (bicyclic) bond motifs is 1. The van der Waals surface area contributed by atoms with Gasteiger partial charge in [-0.25, -0.2) is 36.4 Å². The molecule has 102 valence electrons. The Hall–Kier alpha value is -1.06. The highest BCUT2D eigenvalue weighted by atomic mass is 32.2. The molecule has 0 saturated heterocycles. The summed E-state index contributed by atoms with van der Waals surface area (Å²) >= 11 is -1.61. The van der Waals surface area contributed by atoms with E-state index in [1.807, 2.05) is 0 Å². The molecular weight excluding hydrogens is 279 g/mol. The van der Waals surface area contributed by atoms with Gasteiger partial charge in [0.25, 0.3) is 5.92 Å². The fourth-order valence-corrected chi connectivity index (χ4v) is 1.64. The Kier molecular flexibility index (Phi) is 4.41. The monoisotopic (exact) mass is 288 g/mol. The minimum absolute atomic E-state index is 0.301. The molecule has 18 heavy (non-hydrogen) atoms. The first-order valence-corrected chi connectivity index (χ1v) is 5.85. The minimum atomic E-state index is -3.17. The maximum absolute atomic E-state index is 13.0. The zero-order valence-corrected chi connectivity index (χ0v) is 9.67. The molecule has 0 bridgehead atoms. The summed E-state index contributed by atoms with van der Waals surface area (Å²) in [6.45, 7) is 0. The van der Waals surface area contributed by atoms with Crippen LogP contribution in [-0.4, -0.2) is 10.1 Å². The van der Waals surface area contributed by atoms with E-state index in [9.17, 15) is 22.0 Å². The van der Waals surface area contributed by atoms with E-state index in [0.717, 1.165) is 0 Å². The molecule has 3 nitrogen and oxygen atoms in total. The summed E-state index contributed by atoms with van der Waals surface area (Å²) in [5, 5.41) is 8.72. The number of nitrogens with two attached hydrogens (primary N) is 2. The molecule has 1 aliphatic carbocycles. The molecule has 2 rings (SSSR count). The normalized spacial score (nSPS) is 16.2. The van der Waals surface area contributed by atoms with Crippen LogP contribution in [0.4, 0.5) is 22.0 Å². The van der Waals surface area contributed by atoms with Gasteiger partial charge >= 0.3 is 0 Å². The third-order valence-electron chi connectivity index (χ3n) is 2.25. The zero-order valence-electron chi connectivity index (χ0n) is 8.85. The van der Waals surface area contributed by atoms with Crippen molar-refractivity contribution in [3.8, 4) is 0 Å². The average Bonchev–Trinajstić information content (AvgIpc) is 2.51. The van der Waals surface area contributed by atoms with E-state index < -0.39 is 58.5 Å². The summed E-state index contributed by atoms with van der Waals surface area (Å²) in [5.41, 5.74) is -0.943. The van der Waals surface area contributed by atoms with Gasteiger partial charge in [-0.05, 0) is 0 Å². The van der Waals surface area contributed by atoms with E-state index in [2.05, 4.69) is 10.3 Å². The van der Waals surface area contributed by atoms with Crippen molar-refractivity contribution in [2.45, 2.75) is 18.8 Å². The zero-order chi connectivity index (χ0) is 14.1. The molecule has 0 heterocycles. The molecule has 0 saturated carbocycles. The van der Waals surface area contributed by atoms with Gasteiger partial charge in [-0.1, -0.05) is 0 Å². The number of alkyl halides is 2. The second-order valence-corrected chi connectivity index (χ2v) is 4.31. The van der Waals surface area contributed by atoms with Crippen LogP contribution in [0, 0.1) is 17.5 Å². The molecule has 9 heteroatoms. The van der Waals surface area contributed by atoms with Gasteiger partial charge in [0.1, 0.15) is 5.82 Å². The first kappa shape index (κ1) is 15.0. The van der Waals surface area contributed by atoms with E-state index in [-0.39, 0.29) is 0 Å². The van der Waals surface area contributed by atoms with Crippen molar-refractivity contribution in [2.24, 2.45) is 10.3 Å². The van der Waals surface area contributed by atoms with Gasteiger partial charge in [0, 0.05) is 30.0 Å². The second kappa shape index (κ2) is 5.29. The van der Waals surface area contributed by atoms with Crippen LogP contribution >= 0.6 is 0 Å². The van der Waals surface area contributed by atoms with Crippen molar-refractivity contribution in [3.63, 3.8) is 0 Å². The van der Waals surface area contributed by atoms with Crippen LogP contribution in [0.5, 0.6) is 0 Å². The van der Waals surface area contributed by atoms with Gasteiger partial charge in [0.15, 0.2) is 22.8 Å². The van der Waals surface area contributed by atoms with Crippen LogP contribution in [-0.2, 0) is 24.0 Å². The molecule has 0 fully saturated rings. The lowest BCUT2D eigenvalue weighted by Gasteiger charge is -2.04. The van der Waals surface area contributed by atoms with Gasteiger partial charge in [-0.2, -0.15) is 0 Å². The van der Waals surface area contributed by atoms with E-state index >= 15 is 0 Å². The predicted molar refractivity (Wildman–Crippen MR) is 55.2 cm³/mol. The van der Waals surface area contributed by atoms with Gasteiger partial charge in [0.05, 0.1) is 0 Å². The summed E-state index contributed by atoms with van der Waals surface area (Å²) in [4.78, 5) is 0. The summed E-state index contributed by atoms with van der Waals surface area (Å²) in [6.07, 6.45) is -1.78. The van der Waals surface area contributed by atoms with Crippen LogP contribution in [0.15, 0.2) is 6.07 Å². The fraction of sp³-hybridized carbons (Fsp3) is 0.333. The molecule has 4 N–H and O–H groups in total. The van der Waals surface area contributed by atoms with E-state index in [1.165, 1.54) is 0 Å². The molecule has 0 spiro atoms. The summed E-state index contributed by atoms with van der Waals surface area (Å²) < 4.78 is 73.2. The number of benzene rings is 1. The molecule has 1 aromatic carbocycles. The third kappa shape index (κ3) is 3.47. The number of hydrogen-bond acceptors (Lipinski definition) is 1. The average molecular weight is 288 g/mol. The lowest BCUT2D eigenvalue weighted by Crippen LogP contribution is -2.15. The van der Waals surface area contributed by atoms with Gasteiger partial charge < -0.3 is 0 Å². The first-order chi connectivity index (χ1) is 8.14. The van der Waals surface area contributed by atoms with Crippen LogP contribution in [0.1, 0.15) is 11.1 Å². The standard InChI is InChI=1S/C9H5F5.H4N2OS/c10-6-1-7(11)8(12)5-3-9(13,14)2-4(5)6;1-4(2)3/h1H,2-3H2;1-2H2. The SMILES string of the molecule is Fc1cc(F)c2c(c1F)CC(F)(F)C2.NS(N)=O. The molecule has 0 aliphatic heterocycles. The molecule has 0 atom stereocenters. The van der Waals surface area contributed by atoms with Gasteiger partial charge in [0.2, 0.25) is 0 Å². The predicted octanol–water partition coefficient (Wildman–Crippen LogP) is 1.32. The highest BCUT2D eigenvalue weighted by Gasteiger charge is 2.41. The molecule has 1 aromatic rings. The lowest BCUT2D eigenvalue weighted by atomic mass is 10.1. The minimum Gasteiger partial charge on any atom is -0.239 e. The van der Waals surface area contributed by atoms with Crippen molar-refractivity contribution in [1.29, 1.82) is 0 Å². The highest BCUT2D eigenvalue weighted by molar-refractivity contribution is 7.80. The second-order valence-electron chi connectivity index (χ2n) is 3.65. The van der Waals surface area contributed by atoms with Crippen LogP contribution in [0.25, 0.3) is 0 Å². The van der Waals surface area contributed by atoms with Crippen molar-refractivity contribution in [2.75, 3.05) is 0 Å². The molecule has 0 amide bonds. The molecular formula is C9H9F5N2OS. The molecule has 0 aromatic heterocycles. The number of rotatable bonds is 0. The largest absolute Gasteiger partial charge is 0.256 e. The molecule has 0 unspecified atom stereocenters. The summed E-state index contributed by atoms with van der Waals surface area (Å²) in [7, 11) is 0. The Bertz CT molecular complexity index is 490.